The molecule has 0 unspecified atom stereocenters. The maximum absolute atomic E-state index is 12.4. The van der Waals surface area contributed by atoms with E-state index < -0.39 is 6.43 Å². The lowest BCUT2D eigenvalue weighted by molar-refractivity contribution is 0.152. The summed E-state index contributed by atoms with van der Waals surface area (Å²) in [6, 6.07) is 1.31. The van der Waals surface area contributed by atoms with Gasteiger partial charge in [0.05, 0.1) is 11.4 Å². The number of hydrogen-bond acceptors (Lipinski definition) is 2. The zero-order valence-electron chi connectivity index (χ0n) is 7.54. The zero-order valence-corrected chi connectivity index (χ0v) is 7.54. The minimum Gasteiger partial charge on any atom is -0.397 e. The maximum atomic E-state index is 12.4. The van der Waals surface area contributed by atoms with E-state index >= 15 is 0 Å². The predicted octanol–water partition coefficient (Wildman–Crippen LogP) is 2.16. The SMILES string of the molecule is Cc1cn2cc(N)c(C(F)F)cc2n1. The fourth-order valence-electron chi connectivity index (χ4n) is 1.38. The number of aromatic nitrogens is 2. The number of hydrogen-bond donors (Lipinski definition) is 1. The van der Waals surface area contributed by atoms with Crippen molar-refractivity contribution in [2.45, 2.75) is 13.3 Å². The topological polar surface area (TPSA) is 43.3 Å². The van der Waals surface area contributed by atoms with Crippen molar-refractivity contribution < 1.29 is 8.78 Å². The van der Waals surface area contributed by atoms with E-state index in [4.69, 9.17) is 5.73 Å². The molecule has 0 fully saturated rings. The van der Waals surface area contributed by atoms with Crippen molar-refractivity contribution in [1.29, 1.82) is 0 Å². The van der Waals surface area contributed by atoms with Crippen molar-refractivity contribution in [2.75, 3.05) is 5.73 Å². The Hall–Kier alpha value is -1.65. The molecule has 0 amide bonds. The number of aryl methyl sites for hydroxylation is 1. The summed E-state index contributed by atoms with van der Waals surface area (Å²) < 4.78 is 26.5. The molecule has 2 N–H and O–H groups in total. The van der Waals surface area contributed by atoms with Crippen molar-refractivity contribution >= 4 is 11.3 Å². The van der Waals surface area contributed by atoms with E-state index in [9.17, 15) is 8.78 Å². The average molecular weight is 197 g/mol. The number of pyridine rings is 1. The highest BCUT2D eigenvalue weighted by molar-refractivity contribution is 5.55. The Kier molecular flexibility index (Phi) is 1.87. The van der Waals surface area contributed by atoms with Gasteiger partial charge in [0.1, 0.15) is 5.65 Å². The molecule has 0 aliphatic rings. The highest BCUT2D eigenvalue weighted by atomic mass is 19.3. The molecule has 3 nitrogen and oxygen atoms in total. The van der Waals surface area contributed by atoms with Gasteiger partial charge in [-0.05, 0) is 13.0 Å². The van der Waals surface area contributed by atoms with Gasteiger partial charge in [-0.3, -0.25) is 0 Å². The molecule has 5 heteroatoms. The predicted molar refractivity (Wildman–Crippen MR) is 49.3 cm³/mol. The minimum absolute atomic E-state index is 0.0879. The number of rotatable bonds is 1. The molecular weight excluding hydrogens is 188 g/mol. The number of fused-ring (bicyclic) bond motifs is 1. The molecule has 0 atom stereocenters. The molecule has 0 radical (unpaired) electrons. The number of nitrogen functional groups attached to an aromatic ring is 1. The van der Waals surface area contributed by atoms with Gasteiger partial charge in [0, 0.05) is 18.0 Å². The van der Waals surface area contributed by atoms with Crippen molar-refractivity contribution in [3.8, 4) is 0 Å². The Labute approximate surface area is 79.2 Å². The average Bonchev–Trinajstić information content (AvgIpc) is 2.42. The zero-order chi connectivity index (χ0) is 10.3. The fourth-order valence-corrected chi connectivity index (χ4v) is 1.38. The van der Waals surface area contributed by atoms with Gasteiger partial charge in [0.15, 0.2) is 0 Å². The van der Waals surface area contributed by atoms with E-state index in [1.165, 1.54) is 12.3 Å². The highest BCUT2D eigenvalue weighted by Gasteiger charge is 2.13. The smallest absolute Gasteiger partial charge is 0.266 e. The van der Waals surface area contributed by atoms with Crippen molar-refractivity contribution in [3.05, 3.63) is 29.7 Å². The van der Waals surface area contributed by atoms with Gasteiger partial charge in [-0.2, -0.15) is 0 Å². The third kappa shape index (κ3) is 1.30. The van der Waals surface area contributed by atoms with Crippen LogP contribution in [0.3, 0.4) is 0 Å². The Morgan fingerprint density at radius 3 is 2.79 bits per heavy atom. The van der Waals surface area contributed by atoms with Crippen LogP contribution in [-0.4, -0.2) is 9.38 Å². The van der Waals surface area contributed by atoms with Crippen LogP contribution in [0.15, 0.2) is 18.5 Å². The lowest BCUT2D eigenvalue weighted by Crippen LogP contribution is -1.97. The van der Waals surface area contributed by atoms with Crippen LogP contribution in [0.1, 0.15) is 17.7 Å². The molecule has 0 aliphatic heterocycles. The van der Waals surface area contributed by atoms with Crippen LogP contribution < -0.4 is 5.73 Å². The quantitative estimate of drug-likeness (QED) is 0.761. The van der Waals surface area contributed by atoms with Crippen LogP contribution in [0.25, 0.3) is 5.65 Å². The first kappa shape index (κ1) is 8.93. The number of anilines is 1. The molecule has 0 aliphatic carbocycles. The summed E-state index contributed by atoms with van der Waals surface area (Å²) in [7, 11) is 0. The van der Waals surface area contributed by atoms with Crippen molar-refractivity contribution in [2.24, 2.45) is 0 Å². The molecule has 2 aromatic heterocycles. The second-order valence-corrected chi connectivity index (χ2v) is 3.13. The van der Waals surface area contributed by atoms with Crippen LogP contribution in [0.2, 0.25) is 0 Å². The molecule has 2 aromatic rings. The summed E-state index contributed by atoms with van der Waals surface area (Å²) in [5.41, 5.74) is 6.66. The second kappa shape index (κ2) is 2.94. The van der Waals surface area contributed by atoms with Gasteiger partial charge < -0.3 is 10.1 Å². The monoisotopic (exact) mass is 197 g/mol. The molecule has 2 heterocycles. The lowest BCUT2D eigenvalue weighted by atomic mass is 10.2. The van der Waals surface area contributed by atoms with Crippen LogP contribution in [0, 0.1) is 6.92 Å². The third-order valence-corrected chi connectivity index (χ3v) is 2.01. The summed E-state index contributed by atoms with van der Waals surface area (Å²) in [5, 5.41) is 0. The van der Waals surface area contributed by atoms with Gasteiger partial charge >= 0.3 is 0 Å². The third-order valence-electron chi connectivity index (χ3n) is 2.01. The standard InChI is InChI=1S/C9H9F2N3/c1-5-3-14-4-7(12)6(9(10)11)2-8(14)13-5/h2-4,9H,12H2,1H3. The van der Waals surface area contributed by atoms with Crippen LogP contribution in [0.5, 0.6) is 0 Å². The molecule has 0 saturated carbocycles. The van der Waals surface area contributed by atoms with Crippen LogP contribution in [0.4, 0.5) is 14.5 Å². The largest absolute Gasteiger partial charge is 0.397 e. The minimum atomic E-state index is -2.56. The molecule has 0 spiro atoms. The van der Waals surface area contributed by atoms with Gasteiger partial charge in [-0.1, -0.05) is 0 Å². The summed E-state index contributed by atoms with van der Waals surface area (Å²) in [5.74, 6) is 0. The maximum Gasteiger partial charge on any atom is 0.266 e. The van der Waals surface area contributed by atoms with E-state index in [0.717, 1.165) is 5.69 Å². The highest BCUT2D eigenvalue weighted by Crippen LogP contribution is 2.25. The first-order chi connectivity index (χ1) is 6.58. The van der Waals surface area contributed by atoms with E-state index in [1.54, 1.807) is 17.5 Å². The summed E-state index contributed by atoms with van der Waals surface area (Å²) in [6.07, 6.45) is 0.634. The van der Waals surface area contributed by atoms with E-state index in [2.05, 4.69) is 4.98 Å². The molecule has 2 rings (SSSR count). The molecule has 14 heavy (non-hydrogen) atoms. The first-order valence-electron chi connectivity index (χ1n) is 4.11. The Balaban J connectivity index is 2.70. The van der Waals surface area contributed by atoms with E-state index in [-0.39, 0.29) is 11.3 Å². The first-order valence-corrected chi connectivity index (χ1v) is 4.11. The van der Waals surface area contributed by atoms with Crippen molar-refractivity contribution in [1.82, 2.24) is 9.38 Å². The van der Waals surface area contributed by atoms with E-state index in [1.807, 2.05) is 0 Å². The number of halogens is 2. The normalized spacial score (nSPS) is 11.4. The number of alkyl halides is 2. The molecule has 0 bridgehead atoms. The molecule has 0 saturated heterocycles. The summed E-state index contributed by atoms with van der Waals surface area (Å²) >= 11 is 0. The lowest BCUT2D eigenvalue weighted by Gasteiger charge is -2.04. The summed E-state index contributed by atoms with van der Waals surface area (Å²) in [6.45, 7) is 1.80. The van der Waals surface area contributed by atoms with Gasteiger partial charge in [0.25, 0.3) is 6.43 Å². The van der Waals surface area contributed by atoms with Gasteiger partial charge in [-0.25, -0.2) is 13.8 Å². The van der Waals surface area contributed by atoms with E-state index in [0.29, 0.717) is 5.65 Å². The van der Waals surface area contributed by atoms with Gasteiger partial charge in [0.2, 0.25) is 0 Å². The number of nitrogens with two attached hydrogens (primary N) is 1. The van der Waals surface area contributed by atoms with Crippen LogP contribution >= 0.6 is 0 Å². The van der Waals surface area contributed by atoms with Crippen molar-refractivity contribution in [3.63, 3.8) is 0 Å². The Bertz CT molecular complexity index is 476. The fraction of sp³-hybridized carbons (Fsp3) is 0.222. The molecule has 74 valence electrons. The molecular formula is C9H9F2N3. The van der Waals surface area contributed by atoms with Gasteiger partial charge in [-0.15, -0.1) is 0 Å². The Morgan fingerprint density at radius 1 is 1.43 bits per heavy atom. The number of imidazole rings is 1. The molecule has 0 aromatic carbocycles. The number of nitrogens with zero attached hydrogens (tertiary/aromatic N) is 2. The summed E-state index contributed by atoms with van der Waals surface area (Å²) in [4.78, 5) is 4.07. The van der Waals surface area contributed by atoms with Crippen LogP contribution in [-0.2, 0) is 0 Å². The Morgan fingerprint density at radius 2 is 2.14 bits per heavy atom. The second-order valence-electron chi connectivity index (χ2n) is 3.13.